The van der Waals surface area contributed by atoms with Crippen molar-refractivity contribution in [2.24, 2.45) is 10.7 Å². The number of nitrogens with one attached hydrogen (secondary N) is 1. The Hall–Kier alpha value is -1.02. The van der Waals surface area contributed by atoms with Crippen LogP contribution in [0, 0.1) is 0 Å². The first-order valence-corrected chi connectivity index (χ1v) is 7.57. The van der Waals surface area contributed by atoms with Gasteiger partial charge in [-0.15, -0.1) is 24.0 Å². The molecule has 1 unspecified atom stereocenters. The molecule has 1 atom stereocenters. The summed E-state index contributed by atoms with van der Waals surface area (Å²) in [6.07, 6.45) is 5.42. The van der Waals surface area contributed by atoms with E-state index in [1.807, 2.05) is 24.3 Å². The summed E-state index contributed by atoms with van der Waals surface area (Å²) in [7, 11) is 1.61. The van der Waals surface area contributed by atoms with Crippen LogP contribution in [-0.2, 0) is 0 Å². The van der Waals surface area contributed by atoms with Gasteiger partial charge in [0.2, 0.25) is 0 Å². The zero-order valence-corrected chi connectivity index (χ0v) is 15.3. The van der Waals surface area contributed by atoms with Crippen LogP contribution in [0.5, 0.6) is 5.75 Å². The summed E-state index contributed by atoms with van der Waals surface area (Å²) >= 11 is 0. The van der Waals surface area contributed by atoms with Crippen molar-refractivity contribution in [3.63, 3.8) is 0 Å². The second kappa shape index (κ2) is 9.89. The van der Waals surface area contributed by atoms with Crippen LogP contribution >= 0.6 is 24.0 Å². The Bertz CT molecular complexity index is 476. The van der Waals surface area contributed by atoms with Crippen molar-refractivity contribution in [3.05, 3.63) is 29.8 Å². The number of nitrogens with two attached hydrogens (primary N) is 1. The molecule has 1 aliphatic carbocycles. The number of rotatable bonds is 5. The highest BCUT2D eigenvalue weighted by Crippen LogP contribution is 2.19. The largest absolute Gasteiger partial charge is 0.497 e. The van der Waals surface area contributed by atoms with Crippen molar-refractivity contribution in [2.75, 3.05) is 13.7 Å². The van der Waals surface area contributed by atoms with Crippen molar-refractivity contribution in [3.8, 4) is 5.75 Å². The molecule has 0 aliphatic heterocycles. The van der Waals surface area contributed by atoms with E-state index in [-0.39, 0.29) is 30.5 Å². The van der Waals surface area contributed by atoms with Gasteiger partial charge in [0, 0.05) is 6.04 Å². The van der Waals surface area contributed by atoms with Crippen molar-refractivity contribution < 1.29 is 9.84 Å². The first-order chi connectivity index (χ1) is 10.2. The molecule has 1 saturated carbocycles. The van der Waals surface area contributed by atoms with E-state index in [2.05, 4.69) is 10.3 Å². The number of hydrogen-bond acceptors (Lipinski definition) is 3. The van der Waals surface area contributed by atoms with Crippen LogP contribution in [0.3, 0.4) is 0 Å². The number of methoxy groups -OCH3 is 1. The molecule has 124 valence electrons. The summed E-state index contributed by atoms with van der Waals surface area (Å²) in [5, 5.41) is 13.4. The lowest BCUT2D eigenvalue weighted by Gasteiger charge is -2.23. The van der Waals surface area contributed by atoms with Crippen molar-refractivity contribution >= 4 is 29.9 Å². The van der Waals surface area contributed by atoms with Crippen LogP contribution in [-0.4, -0.2) is 30.8 Å². The maximum atomic E-state index is 10.1. The molecule has 22 heavy (non-hydrogen) atoms. The van der Waals surface area contributed by atoms with E-state index >= 15 is 0 Å². The van der Waals surface area contributed by atoms with Crippen molar-refractivity contribution in [2.45, 2.75) is 44.2 Å². The SMILES string of the molecule is COc1cccc(C(O)CN=C(N)NC2CCCCC2)c1.I. The highest BCUT2D eigenvalue weighted by atomic mass is 127. The molecule has 0 spiro atoms. The number of halogens is 1. The lowest BCUT2D eigenvalue weighted by atomic mass is 9.96. The Labute approximate surface area is 149 Å². The topological polar surface area (TPSA) is 79.9 Å². The van der Waals surface area contributed by atoms with Gasteiger partial charge in [0.15, 0.2) is 5.96 Å². The van der Waals surface area contributed by atoms with E-state index in [0.29, 0.717) is 12.0 Å². The van der Waals surface area contributed by atoms with Gasteiger partial charge in [-0.25, -0.2) is 0 Å². The van der Waals surface area contributed by atoms with Crippen LogP contribution in [0.25, 0.3) is 0 Å². The first kappa shape index (κ1) is 19.0. The molecule has 0 aromatic heterocycles. The van der Waals surface area contributed by atoms with E-state index in [1.54, 1.807) is 7.11 Å². The van der Waals surface area contributed by atoms with E-state index < -0.39 is 6.10 Å². The highest BCUT2D eigenvalue weighted by molar-refractivity contribution is 14.0. The smallest absolute Gasteiger partial charge is 0.188 e. The summed E-state index contributed by atoms with van der Waals surface area (Å²) in [6, 6.07) is 7.79. The fourth-order valence-electron chi connectivity index (χ4n) is 2.64. The predicted molar refractivity (Wildman–Crippen MR) is 99.9 cm³/mol. The lowest BCUT2D eigenvalue weighted by molar-refractivity contribution is 0.186. The summed E-state index contributed by atoms with van der Waals surface area (Å²) in [5.41, 5.74) is 6.67. The predicted octanol–water partition coefficient (Wildman–Crippen LogP) is 2.58. The molecule has 1 aromatic carbocycles. The Morgan fingerprint density at radius 2 is 2.14 bits per heavy atom. The molecule has 4 N–H and O–H groups in total. The summed E-state index contributed by atoms with van der Waals surface area (Å²) < 4.78 is 5.15. The number of aliphatic hydroxyl groups is 1. The summed E-state index contributed by atoms with van der Waals surface area (Å²) in [4.78, 5) is 4.24. The fourth-order valence-corrected chi connectivity index (χ4v) is 2.64. The Kier molecular flexibility index (Phi) is 8.55. The Morgan fingerprint density at radius 1 is 1.41 bits per heavy atom. The first-order valence-electron chi connectivity index (χ1n) is 7.57. The molecule has 0 heterocycles. The quantitative estimate of drug-likeness (QED) is 0.390. The second-order valence-electron chi connectivity index (χ2n) is 5.50. The number of guanidine groups is 1. The van der Waals surface area contributed by atoms with Crippen LogP contribution < -0.4 is 15.8 Å². The number of benzene rings is 1. The molecule has 0 amide bonds. The van der Waals surface area contributed by atoms with Gasteiger partial charge < -0.3 is 20.9 Å². The van der Waals surface area contributed by atoms with Gasteiger partial charge in [-0.1, -0.05) is 31.4 Å². The van der Waals surface area contributed by atoms with E-state index in [9.17, 15) is 5.11 Å². The summed E-state index contributed by atoms with van der Waals surface area (Å²) in [6.45, 7) is 0.249. The molecule has 2 rings (SSSR count). The second-order valence-corrected chi connectivity index (χ2v) is 5.50. The number of aliphatic hydroxyl groups excluding tert-OH is 1. The minimum atomic E-state index is -0.674. The average Bonchev–Trinajstić information content (AvgIpc) is 2.53. The molecule has 0 bridgehead atoms. The van der Waals surface area contributed by atoms with Crippen molar-refractivity contribution in [1.29, 1.82) is 0 Å². The van der Waals surface area contributed by atoms with Gasteiger partial charge in [0.1, 0.15) is 5.75 Å². The molecule has 6 heteroatoms. The maximum absolute atomic E-state index is 10.1. The fraction of sp³-hybridized carbons (Fsp3) is 0.562. The van der Waals surface area contributed by atoms with Gasteiger partial charge in [-0.05, 0) is 30.5 Å². The number of hydrogen-bond donors (Lipinski definition) is 3. The minimum absolute atomic E-state index is 0. The van der Waals surface area contributed by atoms with Crippen LogP contribution in [0.4, 0.5) is 0 Å². The minimum Gasteiger partial charge on any atom is -0.497 e. The zero-order chi connectivity index (χ0) is 15.1. The Morgan fingerprint density at radius 3 is 2.82 bits per heavy atom. The molecule has 1 fully saturated rings. The lowest BCUT2D eigenvalue weighted by Crippen LogP contribution is -2.41. The van der Waals surface area contributed by atoms with E-state index in [0.717, 1.165) is 24.2 Å². The molecule has 5 nitrogen and oxygen atoms in total. The molecule has 1 aliphatic rings. The molecule has 0 radical (unpaired) electrons. The monoisotopic (exact) mass is 419 g/mol. The maximum Gasteiger partial charge on any atom is 0.188 e. The average molecular weight is 419 g/mol. The molecular weight excluding hydrogens is 393 g/mol. The van der Waals surface area contributed by atoms with Gasteiger partial charge in [0.25, 0.3) is 0 Å². The standard InChI is InChI=1S/C16H25N3O2.HI/c1-21-14-9-5-6-12(10-14)15(20)11-18-16(17)19-13-7-3-2-4-8-13;/h5-6,9-10,13,15,20H,2-4,7-8,11H2,1H3,(H3,17,18,19);1H. The number of aliphatic imine (C=N–C) groups is 1. The van der Waals surface area contributed by atoms with Gasteiger partial charge >= 0.3 is 0 Å². The third kappa shape index (κ3) is 6.00. The van der Waals surface area contributed by atoms with Gasteiger partial charge in [-0.3, -0.25) is 4.99 Å². The molecular formula is C16H26IN3O2. The van der Waals surface area contributed by atoms with Crippen molar-refractivity contribution in [1.82, 2.24) is 5.32 Å². The molecule has 1 aromatic rings. The van der Waals surface area contributed by atoms with E-state index in [4.69, 9.17) is 10.5 Å². The Balaban J connectivity index is 0.00000242. The number of ether oxygens (including phenoxy) is 1. The van der Waals surface area contributed by atoms with Crippen LogP contribution in [0.1, 0.15) is 43.8 Å². The number of nitrogens with zero attached hydrogens (tertiary/aromatic N) is 1. The summed E-state index contributed by atoms with van der Waals surface area (Å²) in [5.74, 6) is 1.15. The normalized spacial score (nSPS) is 17.5. The molecule has 0 saturated heterocycles. The highest BCUT2D eigenvalue weighted by Gasteiger charge is 2.14. The van der Waals surface area contributed by atoms with Gasteiger partial charge in [-0.2, -0.15) is 0 Å². The third-order valence-electron chi connectivity index (χ3n) is 3.87. The zero-order valence-electron chi connectivity index (χ0n) is 13.0. The van der Waals surface area contributed by atoms with E-state index in [1.165, 1.54) is 19.3 Å². The van der Waals surface area contributed by atoms with Crippen LogP contribution in [0.2, 0.25) is 0 Å². The van der Waals surface area contributed by atoms with Gasteiger partial charge in [0.05, 0.1) is 19.8 Å². The van der Waals surface area contributed by atoms with Crippen LogP contribution in [0.15, 0.2) is 29.3 Å². The third-order valence-corrected chi connectivity index (χ3v) is 3.87.